The summed E-state index contributed by atoms with van der Waals surface area (Å²) in [4.78, 5) is 24.7. The molecule has 0 bridgehead atoms. The van der Waals surface area contributed by atoms with Gasteiger partial charge in [-0.15, -0.1) is 11.8 Å². The highest BCUT2D eigenvalue weighted by Gasteiger charge is 2.18. The average molecular weight is 479 g/mol. The van der Waals surface area contributed by atoms with Crippen molar-refractivity contribution in [2.24, 2.45) is 0 Å². The molecule has 30 heavy (non-hydrogen) atoms. The van der Waals surface area contributed by atoms with Crippen molar-refractivity contribution in [3.05, 3.63) is 99.0 Å². The first-order chi connectivity index (χ1) is 14.4. The number of anilines is 1. The van der Waals surface area contributed by atoms with Gasteiger partial charge in [0.05, 0.1) is 28.1 Å². The second-order valence-electron chi connectivity index (χ2n) is 6.54. The van der Waals surface area contributed by atoms with Crippen molar-refractivity contribution in [3.63, 3.8) is 0 Å². The number of para-hydroxylation sites is 1. The Bertz CT molecular complexity index is 978. The van der Waals surface area contributed by atoms with Gasteiger partial charge in [-0.1, -0.05) is 71.2 Å². The SMILES string of the molecule is O=C(CSC(c1ccc(Cl)cc1)c1ccc(Cl)cc1)CC(=O)Nc1ccccc1Cl. The number of hydrogen-bond acceptors (Lipinski definition) is 3. The minimum absolute atomic E-state index is 0.0879. The van der Waals surface area contributed by atoms with E-state index in [4.69, 9.17) is 34.8 Å². The van der Waals surface area contributed by atoms with Gasteiger partial charge in [-0.05, 0) is 47.5 Å². The van der Waals surface area contributed by atoms with Crippen LogP contribution in [0.3, 0.4) is 0 Å². The van der Waals surface area contributed by atoms with Crippen molar-refractivity contribution in [1.29, 1.82) is 0 Å². The van der Waals surface area contributed by atoms with E-state index in [9.17, 15) is 9.59 Å². The maximum Gasteiger partial charge on any atom is 0.231 e. The molecular formula is C23H18Cl3NO2S. The fourth-order valence-electron chi connectivity index (χ4n) is 2.82. The molecule has 3 nitrogen and oxygen atoms in total. The molecule has 3 aromatic carbocycles. The summed E-state index contributed by atoms with van der Waals surface area (Å²) in [5.74, 6) is -0.369. The van der Waals surface area contributed by atoms with Crippen LogP contribution >= 0.6 is 46.6 Å². The molecule has 0 unspecified atom stereocenters. The molecule has 0 heterocycles. The van der Waals surface area contributed by atoms with Gasteiger partial charge in [-0.3, -0.25) is 9.59 Å². The van der Waals surface area contributed by atoms with Gasteiger partial charge in [0.15, 0.2) is 5.78 Å². The first-order valence-electron chi connectivity index (χ1n) is 9.11. The van der Waals surface area contributed by atoms with Crippen molar-refractivity contribution >= 4 is 63.9 Å². The van der Waals surface area contributed by atoms with Gasteiger partial charge < -0.3 is 5.32 Å². The Morgan fingerprint density at radius 1 is 0.800 bits per heavy atom. The maximum atomic E-state index is 12.4. The number of rotatable bonds is 8. The Morgan fingerprint density at radius 2 is 1.33 bits per heavy atom. The highest BCUT2D eigenvalue weighted by atomic mass is 35.5. The Morgan fingerprint density at radius 3 is 1.87 bits per heavy atom. The number of amides is 1. The fraction of sp³-hybridized carbons (Fsp3) is 0.130. The Labute approximate surface area is 194 Å². The normalized spacial score (nSPS) is 10.8. The minimum atomic E-state index is -0.386. The van der Waals surface area contributed by atoms with E-state index in [2.05, 4.69) is 5.32 Å². The second-order valence-corrected chi connectivity index (χ2v) is 8.91. The number of hydrogen-bond donors (Lipinski definition) is 1. The van der Waals surface area contributed by atoms with Crippen molar-refractivity contribution in [2.45, 2.75) is 11.7 Å². The number of benzene rings is 3. The molecule has 0 aliphatic rings. The highest BCUT2D eigenvalue weighted by Crippen LogP contribution is 2.36. The van der Waals surface area contributed by atoms with Crippen LogP contribution in [0.5, 0.6) is 0 Å². The van der Waals surface area contributed by atoms with Crippen molar-refractivity contribution < 1.29 is 9.59 Å². The first-order valence-corrected chi connectivity index (χ1v) is 11.3. The molecule has 3 rings (SSSR count). The standard InChI is InChI=1S/C23H18Cl3NO2S/c24-17-9-5-15(6-10-17)23(16-7-11-18(25)12-8-16)30-14-19(28)13-22(29)27-21-4-2-1-3-20(21)26/h1-12,23H,13-14H2,(H,27,29). The van der Waals surface area contributed by atoms with E-state index in [1.165, 1.54) is 11.8 Å². The lowest BCUT2D eigenvalue weighted by molar-refractivity contribution is -0.123. The molecule has 0 aliphatic heterocycles. The Kier molecular flexibility index (Phi) is 8.23. The van der Waals surface area contributed by atoms with Gasteiger partial charge in [0.25, 0.3) is 0 Å². The lowest BCUT2D eigenvalue weighted by atomic mass is 10.0. The van der Waals surface area contributed by atoms with Crippen molar-refractivity contribution in [2.75, 3.05) is 11.1 Å². The lowest BCUT2D eigenvalue weighted by Crippen LogP contribution is -2.18. The van der Waals surface area contributed by atoms with Gasteiger partial charge in [-0.2, -0.15) is 0 Å². The zero-order valence-electron chi connectivity index (χ0n) is 15.8. The third-order valence-electron chi connectivity index (χ3n) is 4.26. The fourth-order valence-corrected chi connectivity index (χ4v) is 4.41. The summed E-state index contributed by atoms with van der Waals surface area (Å²) in [6.45, 7) is 0. The third-order valence-corrected chi connectivity index (χ3v) is 6.46. The number of thioether (sulfide) groups is 1. The Hall–Kier alpha value is -1.98. The van der Waals surface area contributed by atoms with Gasteiger partial charge in [0.1, 0.15) is 0 Å². The van der Waals surface area contributed by atoms with E-state index in [0.717, 1.165) is 11.1 Å². The molecule has 0 fully saturated rings. The molecular weight excluding hydrogens is 461 g/mol. The predicted molar refractivity (Wildman–Crippen MR) is 127 cm³/mol. The van der Waals surface area contributed by atoms with E-state index in [-0.39, 0.29) is 29.1 Å². The minimum Gasteiger partial charge on any atom is -0.324 e. The first kappa shape index (κ1) is 22.7. The van der Waals surface area contributed by atoms with Crippen LogP contribution < -0.4 is 5.32 Å². The molecule has 3 aromatic rings. The quantitative estimate of drug-likeness (QED) is 0.352. The average Bonchev–Trinajstić information content (AvgIpc) is 2.72. The maximum absolute atomic E-state index is 12.4. The van der Waals surface area contributed by atoms with Crippen molar-refractivity contribution in [3.8, 4) is 0 Å². The number of carbonyl (C=O) groups is 2. The summed E-state index contributed by atoms with van der Waals surface area (Å²) in [7, 11) is 0. The summed E-state index contributed by atoms with van der Waals surface area (Å²) in [6.07, 6.45) is -0.216. The molecule has 154 valence electrons. The molecule has 1 amide bonds. The Balaban J connectivity index is 1.65. The van der Waals surface area contributed by atoms with Crippen LogP contribution in [0.25, 0.3) is 0 Å². The molecule has 0 atom stereocenters. The lowest BCUT2D eigenvalue weighted by Gasteiger charge is -2.18. The van der Waals surface area contributed by atoms with E-state index < -0.39 is 0 Å². The van der Waals surface area contributed by atoms with Crippen LogP contribution in [0.1, 0.15) is 22.8 Å². The van der Waals surface area contributed by atoms with Crippen LogP contribution in [0.4, 0.5) is 5.69 Å². The van der Waals surface area contributed by atoms with Crippen molar-refractivity contribution in [1.82, 2.24) is 0 Å². The number of nitrogens with one attached hydrogen (secondary N) is 1. The highest BCUT2D eigenvalue weighted by molar-refractivity contribution is 8.00. The smallest absolute Gasteiger partial charge is 0.231 e. The van der Waals surface area contributed by atoms with Crippen LogP contribution in [0.15, 0.2) is 72.8 Å². The monoisotopic (exact) mass is 477 g/mol. The summed E-state index contributed by atoms with van der Waals surface area (Å²) in [6, 6.07) is 21.9. The zero-order chi connectivity index (χ0) is 21.5. The molecule has 0 saturated carbocycles. The van der Waals surface area contributed by atoms with Gasteiger partial charge in [0.2, 0.25) is 5.91 Å². The van der Waals surface area contributed by atoms with Crippen LogP contribution in [-0.4, -0.2) is 17.4 Å². The van der Waals surface area contributed by atoms with Gasteiger partial charge in [0, 0.05) is 10.0 Å². The number of Topliss-reactive ketones (excluding diaryl/α,β-unsaturated/α-hetero) is 1. The van der Waals surface area contributed by atoms with Gasteiger partial charge in [-0.25, -0.2) is 0 Å². The molecule has 7 heteroatoms. The number of halogens is 3. The zero-order valence-corrected chi connectivity index (χ0v) is 18.9. The molecule has 0 aromatic heterocycles. The van der Waals surface area contributed by atoms with E-state index >= 15 is 0 Å². The topological polar surface area (TPSA) is 46.2 Å². The largest absolute Gasteiger partial charge is 0.324 e. The van der Waals surface area contributed by atoms with Crippen LogP contribution in [-0.2, 0) is 9.59 Å². The summed E-state index contributed by atoms with van der Waals surface area (Å²) in [5.41, 5.74) is 2.52. The van der Waals surface area contributed by atoms with E-state index in [1.54, 1.807) is 24.3 Å². The van der Waals surface area contributed by atoms with E-state index in [0.29, 0.717) is 20.8 Å². The third kappa shape index (κ3) is 6.51. The summed E-state index contributed by atoms with van der Waals surface area (Å²) in [5, 5.41) is 4.30. The molecule has 0 aliphatic carbocycles. The van der Waals surface area contributed by atoms with Crippen LogP contribution in [0, 0.1) is 0 Å². The summed E-state index contributed by atoms with van der Waals surface area (Å²) >= 11 is 19.5. The number of ketones is 1. The molecule has 0 spiro atoms. The number of carbonyl (C=O) groups excluding carboxylic acids is 2. The predicted octanol–water partition coefficient (Wildman–Crippen LogP) is 7.07. The molecule has 1 N–H and O–H groups in total. The second kappa shape index (κ2) is 10.9. The molecule has 0 radical (unpaired) electrons. The van der Waals surface area contributed by atoms with Gasteiger partial charge >= 0.3 is 0 Å². The van der Waals surface area contributed by atoms with E-state index in [1.807, 2.05) is 48.5 Å². The van der Waals surface area contributed by atoms with Crippen LogP contribution in [0.2, 0.25) is 15.1 Å². The summed E-state index contributed by atoms with van der Waals surface area (Å²) < 4.78 is 0. The molecule has 0 saturated heterocycles.